The Morgan fingerprint density at radius 1 is 0.929 bits per heavy atom. The fraction of sp³-hybridized carbons (Fsp3) is 0.0556. The van der Waals surface area contributed by atoms with E-state index in [-0.39, 0.29) is 6.42 Å². The summed E-state index contributed by atoms with van der Waals surface area (Å²) in [5.41, 5.74) is 18.8. The van der Waals surface area contributed by atoms with Crippen molar-refractivity contribution in [3.05, 3.63) is 144 Å². The SMILES string of the molecule is C=C(/C=C(\C=N)c1c2ccccc2c(C(/C=C(C)/C(/C=C\N)=C/CC#N)=C/N)c2ccccc12)c1ccnc(C#N)c1. The van der Waals surface area contributed by atoms with Crippen molar-refractivity contribution in [3.8, 4) is 12.1 Å². The Labute approximate surface area is 245 Å². The lowest BCUT2D eigenvalue weighted by molar-refractivity contribution is 1.26. The van der Waals surface area contributed by atoms with Crippen LogP contribution in [0.1, 0.15) is 35.7 Å². The third kappa shape index (κ3) is 5.94. The van der Waals surface area contributed by atoms with E-state index in [9.17, 15) is 5.26 Å². The van der Waals surface area contributed by atoms with Crippen LogP contribution >= 0.6 is 0 Å². The van der Waals surface area contributed by atoms with E-state index >= 15 is 0 Å². The molecule has 0 aliphatic carbocycles. The van der Waals surface area contributed by atoms with Crippen molar-refractivity contribution in [2.75, 3.05) is 0 Å². The van der Waals surface area contributed by atoms with E-state index in [1.54, 1.807) is 30.6 Å². The molecule has 4 aromatic rings. The van der Waals surface area contributed by atoms with E-state index in [0.29, 0.717) is 16.8 Å². The van der Waals surface area contributed by atoms with Gasteiger partial charge in [-0.15, -0.1) is 0 Å². The molecule has 204 valence electrons. The zero-order chi connectivity index (χ0) is 30.1. The van der Waals surface area contributed by atoms with E-state index in [2.05, 4.69) is 35.8 Å². The van der Waals surface area contributed by atoms with Gasteiger partial charge in [0.2, 0.25) is 0 Å². The summed E-state index contributed by atoms with van der Waals surface area (Å²) in [7, 11) is 0. The van der Waals surface area contributed by atoms with E-state index in [0.717, 1.165) is 55.0 Å². The summed E-state index contributed by atoms with van der Waals surface area (Å²) in [6, 6.07) is 23.8. The van der Waals surface area contributed by atoms with Crippen LogP contribution in [-0.2, 0) is 0 Å². The molecule has 42 heavy (non-hydrogen) atoms. The van der Waals surface area contributed by atoms with Gasteiger partial charge < -0.3 is 16.9 Å². The van der Waals surface area contributed by atoms with E-state index in [1.165, 1.54) is 12.4 Å². The number of nitrogens with two attached hydrogens (primary N) is 2. The van der Waals surface area contributed by atoms with Crippen molar-refractivity contribution >= 4 is 44.5 Å². The molecule has 1 heterocycles. The van der Waals surface area contributed by atoms with Crippen LogP contribution in [0.4, 0.5) is 0 Å². The predicted molar refractivity (Wildman–Crippen MR) is 174 cm³/mol. The monoisotopic (exact) mass is 546 g/mol. The fourth-order valence-corrected chi connectivity index (χ4v) is 5.04. The lowest BCUT2D eigenvalue weighted by Crippen LogP contribution is -1.98. The summed E-state index contributed by atoms with van der Waals surface area (Å²) in [5.74, 6) is 0. The lowest BCUT2D eigenvalue weighted by atomic mass is 9.85. The second-order valence-electron chi connectivity index (χ2n) is 9.48. The Kier molecular flexibility index (Phi) is 9.25. The van der Waals surface area contributed by atoms with Gasteiger partial charge in [0.1, 0.15) is 11.8 Å². The van der Waals surface area contributed by atoms with Gasteiger partial charge in [0, 0.05) is 24.2 Å². The van der Waals surface area contributed by atoms with Crippen LogP contribution in [0.3, 0.4) is 0 Å². The number of allylic oxidation sites excluding steroid dienone is 9. The van der Waals surface area contributed by atoms with Crippen molar-refractivity contribution in [2.24, 2.45) is 11.5 Å². The minimum atomic E-state index is 0.258. The third-order valence-electron chi connectivity index (χ3n) is 6.94. The van der Waals surface area contributed by atoms with Crippen LogP contribution in [0.15, 0.2) is 121 Å². The van der Waals surface area contributed by atoms with Crippen molar-refractivity contribution in [3.63, 3.8) is 0 Å². The molecule has 0 saturated heterocycles. The van der Waals surface area contributed by atoms with Gasteiger partial charge in [-0.05, 0) is 104 Å². The summed E-state index contributed by atoms with van der Waals surface area (Å²) in [6.45, 7) is 6.19. The van der Waals surface area contributed by atoms with Gasteiger partial charge in [-0.3, -0.25) is 0 Å². The number of aromatic nitrogens is 1. The van der Waals surface area contributed by atoms with Crippen molar-refractivity contribution in [1.82, 2.24) is 4.98 Å². The molecule has 3 aromatic carbocycles. The standard InChI is InChI=1S/C36H30N6/c1-24(26(13-16-38)8-7-15-37)18-28(21-39)35-31-9-3-5-11-33(31)36(34-12-6-4-10-32(34)35)29(22-40)19-25(2)27-14-17-42-30(20-27)23-41/h3-6,8-14,16-22,40H,2,7,38-39H2,1H3/b16-13-,24-18+,26-8+,28-21+,29-19+,40-22?. The third-order valence-corrected chi connectivity index (χ3v) is 6.94. The molecule has 1 aromatic heterocycles. The molecule has 0 aliphatic rings. The number of nitriles is 2. The molecule has 6 heteroatoms. The largest absolute Gasteiger partial charge is 0.405 e. The highest BCUT2D eigenvalue weighted by atomic mass is 14.7. The number of benzene rings is 3. The Balaban J connectivity index is 2.00. The molecular weight excluding hydrogens is 516 g/mol. The molecule has 0 fully saturated rings. The minimum Gasteiger partial charge on any atom is -0.405 e. The van der Waals surface area contributed by atoms with Crippen LogP contribution in [0.25, 0.3) is 38.3 Å². The van der Waals surface area contributed by atoms with Gasteiger partial charge >= 0.3 is 0 Å². The number of pyridine rings is 1. The first kappa shape index (κ1) is 29.0. The normalized spacial score (nSPS) is 12.8. The highest BCUT2D eigenvalue weighted by molar-refractivity contribution is 6.25. The Hall–Kier alpha value is -5.98. The molecule has 0 unspecified atom stereocenters. The molecule has 0 amide bonds. The maximum Gasteiger partial charge on any atom is 0.141 e. The molecule has 0 bridgehead atoms. The van der Waals surface area contributed by atoms with Crippen molar-refractivity contribution < 1.29 is 0 Å². The maximum atomic E-state index is 9.29. The number of nitrogens with one attached hydrogen (secondary N) is 1. The van der Waals surface area contributed by atoms with Crippen molar-refractivity contribution in [2.45, 2.75) is 13.3 Å². The molecule has 0 spiro atoms. The van der Waals surface area contributed by atoms with E-state index in [4.69, 9.17) is 22.1 Å². The van der Waals surface area contributed by atoms with Crippen LogP contribution in [0, 0.1) is 28.1 Å². The van der Waals surface area contributed by atoms with Crippen LogP contribution in [-0.4, -0.2) is 11.2 Å². The Morgan fingerprint density at radius 3 is 2.02 bits per heavy atom. The molecule has 5 N–H and O–H groups in total. The van der Waals surface area contributed by atoms with Gasteiger partial charge in [-0.1, -0.05) is 61.2 Å². The first-order valence-corrected chi connectivity index (χ1v) is 13.2. The fourth-order valence-electron chi connectivity index (χ4n) is 5.04. The summed E-state index contributed by atoms with van der Waals surface area (Å²) in [5, 5.41) is 30.6. The summed E-state index contributed by atoms with van der Waals surface area (Å²) >= 11 is 0. The molecule has 0 atom stereocenters. The summed E-state index contributed by atoms with van der Waals surface area (Å²) in [6.07, 6.45) is 13.7. The first-order chi connectivity index (χ1) is 20.5. The number of nitrogens with zero attached hydrogens (tertiary/aromatic N) is 3. The number of rotatable bonds is 9. The van der Waals surface area contributed by atoms with Gasteiger partial charge in [0.15, 0.2) is 0 Å². The predicted octanol–water partition coefficient (Wildman–Crippen LogP) is 7.56. The second kappa shape index (κ2) is 13.4. The molecule has 6 nitrogen and oxygen atoms in total. The smallest absolute Gasteiger partial charge is 0.141 e. The summed E-state index contributed by atoms with van der Waals surface area (Å²) < 4.78 is 0. The molecular formula is C36H30N6. The van der Waals surface area contributed by atoms with Gasteiger partial charge in [-0.2, -0.15) is 10.5 Å². The first-order valence-electron chi connectivity index (χ1n) is 13.2. The number of hydrogen-bond acceptors (Lipinski definition) is 6. The molecule has 0 radical (unpaired) electrons. The molecule has 4 rings (SSSR count). The molecule has 0 saturated carbocycles. The highest BCUT2D eigenvalue weighted by Gasteiger charge is 2.18. The topological polar surface area (TPSA) is 136 Å². The lowest BCUT2D eigenvalue weighted by Gasteiger charge is -2.19. The zero-order valence-electron chi connectivity index (χ0n) is 23.3. The summed E-state index contributed by atoms with van der Waals surface area (Å²) in [4.78, 5) is 4.05. The quantitative estimate of drug-likeness (QED) is 0.113. The van der Waals surface area contributed by atoms with Crippen LogP contribution in [0.5, 0.6) is 0 Å². The Bertz CT molecular complexity index is 1880. The van der Waals surface area contributed by atoms with Crippen LogP contribution in [0.2, 0.25) is 0 Å². The van der Waals surface area contributed by atoms with Gasteiger partial charge in [-0.25, -0.2) is 4.98 Å². The van der Waals surface area contributed by atoms with E-state index in [1.807, 2.05) is 61.5 Å². The van der Waals surface area contributed by atoms with E-state index < -0.39 is 0 Å². The average molecular weight is 547 g/mol. The van der Waals surface area contributed by atoms with Gasteiger partial charge in [0.25, 0.3) is 0 Å². The van der Waals surface area contributed by atoms with Gasteiger partial charge in [0.05, 0.1) is 12.5 Å². The minimum absolute atomic E-state index is 0.258. The number of hydrogen-bond donors (Lipinski definition) is 3. The highest BCUT2D eigenvalue weighted by Crippen LogP contribution is 2.40. The van der Waals surface area contributed by atoms with Crippen molar-refractivity contribution in [1.29, 1.82) is 15.9 Å². The second-order valence-corrected chi connectivity index (χ2v) is 9.48. The maximum absolute atomic E-state index is 9.29. The van der Waals surface area contributed by atoms with Crippen LogP contribution < -0.4 is 11.5 Å². The molecule has 0 aliphatic heterocycles. The number of fused-ring (bicyclic) bond motifs is 2. The Morgan fingerprint density at radius 2 is 1.52 bits per heavy atom. The average Bonchev–Trinajstić information content (AvgIpc) is 3.03. The zero-order valence-corrected chi connectivity index (χ0v) is 23.3.